The topological polar surface area (TPSA) is 90.9 Å². The van der Waals surface area contributed by atoms with Gasteiger partial charge in [0.25, 0.3) is 5.91 Å². The number of nitrogens with one attached hydrogen (secondary N) is 2. The van der Waals surface area contributed by atoms with Crippen LogP contribution in [0, 0.1) is 5.92 Å². The SMILES string of the molecule is O=C(NO)C1C=C2CN(C(=O)Nc3ccccc3)C3CC(C3)OC2=CC1. The lowest BCUT2D eigenvalue weighted by Gasteiger charge is -2.46. The highest BCUT2D eigenvalue weighted by Crippen LogP contribution is 2.38. The highest BCUT2D eigenvalue weighted by Gasteiger charge is 2.41. The van der Waals surface area contributed by atoms with Gasteiger partial charge in [-0.2, -0.15) is 0 Å². The average Bonchev–Trinajstić information content (AvgIpc) is 2.60. The highest BCUT2D eigenvalue weighted by atomic mass is 16.5. The third-order valence-electron chi connectivity index (χ3n) is 5.15. The minimum atomic E-state index is -0.461. The van der Waals surface area contributed by atoms with E-state index in [0.29, 0.717) is 13.0 Å². The van der Waals surface area contributed by atoms with Crippen molar-refractivity contribution in [3.8, 4) is 0 Å². The fourth-order valence-corrected chi connectivity index (χ4v) is 3.61. The van der Waals surface area contributed by atoms with Crippen molar-refractivity contribution in [1.29, 1.82) is 0 Å². The first kappa shape index (κ1) is 16.7. The molecule has 4 aliphatic rings. The molecule has 7 heteroatoms. The van der Waals surface area contributed by atoms with E-state index in [1.54, 1.807) is 11.6 Å². The van der Waals surface area contributed by atoms with E-state index in [9.17, 15) is 9.59 Å². The van der Waals surface area contributed by atoms with Crippen molar-refractivity contribution in [3.63, 3.8) is 0 Å². The van der Waals surface area contributed by atoms with Gasteiger partial charge in [0.1, 0.15) is 11.9 Å². The Balaban J connectivity index is 1.55. The zero-order valence-electron chi connectivity index (χ0n) is 14.2. The van der Waals surface area contributed by atoms with Crippen LogP contribution in [-0.4, -0.2) is 40.7 Å². The van der Waals surface area contributed by atoms with Gasteiger partial charge in [-0.15, -0.1) is 0 Å². The predicted octanol–water partition coefficient (Wildman–Crippen LogP) is 2.42. The molecule has 5 rings (SSSR count). The Hall–Kier alpha value is -2.80. The van der Waals surface area contributed by atoms with Gasteiger partial charge in [-0.3, -0.25) is 10.0 Å². The van der Waals surface area contributed by atoms with Crippen LogP contribution in [0.15, 0.2) is 53.8 Å². The Bertz CT molecular complexity index is 768. The van der Waals surface area contributed by atoms with Crippen LogP contribution in [0.3, 0.4) is 0 Å². The predicted molar refractivity (Wildman–Crippen MR) is 94.3 cm³/mol. The number of urea groups is 1. The first-order valence-corrected chi connectivity index (χ1v) is 8.78. The number of para-hydroxylation sites is 1. The van der Waals surface area contributed by atoms with E-state index < -0.39 is 11.8 Å². The molecule has 3 amide bonds. The summed E-state index contributed by atoms with van der Waals surface area (Å²) in [7, 11) is 0. The van der Waals surface area contributed by atoms with Crippen molar-refractivity contribution < 1.29 is 19.5 Å². The molecule has 2 bridgehead atoms. The summed E-state index contributed by atoms with van der Waals surface area (Å²) in [4.78, 5) is 26.4. The maximum Gasteiger partial charge on any atom is 0.322 e. The first-order chi connectivity index (χ1) is 12.6. The Morgan fingerprint density at radius 1 is 1.19 bits per heavy atom. The fourth-order valence-electron chi connectivity index (χ4n) is 3.61. The molecule has 7 nitrogen and oxygen atoms in total. The molecule has 2 aliphatic heterocycles. The second-order valence-corrected chi connectivity index (χ2v) is 6.87. The number of carbonyl (C=O) groups is 2. The molecule has 26 heavy (non-hydrogen) atoms. The molecule has 1 atom stereocenters. The van der Waals surface area contributed by atoms with Crippen molar-refractivity contribution in [2.45, 2.75) is 31.4 Å². The Morgan fingerprint density at radius 2 is 1.96 bits per heavy atom. The monoisotopic (exact) mass is 355 g/mol. The largest absolute Gasteiger partial charge is 0.490 e. The second kappa shape index (κ2) is 6.84. The van der Waals surface area contributed by atoms with Crippen molar-refractivity contribution in [3.05, 3.63) is 53.8 Å². The number of hydrogen-bond acceptors (Lipinski definition) is 4. The summed E-state index contributed by atoms with van der Waals surface area (Å²) in [6.45, 7) is 0.372. The molecule has 1 unspecified atom stereocenters. The normalized spacial score (nSPS) is 26.7. The van der Waals surface area contributed by atoms with Crippen LogP contribution in [0.4, 0.5) is 10.5 Å². The molecule has 0 spiro atoms. The number of nitrogens with zero attached hydrogens (tertiary/aromatic N) is 1. The van der Waals surface area contributed by atoms with Gasteiger partial charge in [0.05, 0.1) is 12.5 Å². The third-order valence-corrected chi connectivity index (χ3v) is 5.15. The van der Waals surface area contributed by atoms with Gasteiger partial charge < -0.3 is 15.0 Å². The first-order valence-electron chi connectivity index (χ1n) is 8.78. The molecule has 1 aromatic rings. The number of benzene rings is 1. The van der Waals surface area contributed by atoms with Crippen molar-refractivity contribution >= 4 is 17.6 Å². The maximum absolute atomic E-state index is 12.8. The number of rotatable bonds is 2. The lowest BCUT2D eigenvalue weighted by molar-refractivity contribution is -0.131. The van der Waals surface area contributed by atoms with Gasteiger partial charge in [-0.1, -0.05) is 24.3 Å². The van der Waals surface area contributed by atoms with Crippen LogP contribution < -0.4 is 10.8 Å². The molecule has 3 N–H and O–H groups in total. The number of amides is 3. The second-order valence-electron chi connectivity index (χ2n) is 6.87. The lowest BCUT2D eigenvalue weighted by atomic mass is 9.85. The van der Waals surface area contributed by atoms with Crippen molar-refractivity contribution in [1.82, 2.24) is 10.4 Å². The van der Waals surface area contributed by atoms with E-state index in [1.165, 1.54) is 0 Å². The van der Waals surface area contributed by atoms with Gasteiger partial charge >= 0.3 is 6.03 Å². The molecular weight excluding hydrogens is 334 g/mol. The van der Waals surface area contributed by atoms with Crippen LogP contribution in [0.1, 0.15) is 19.3 Å². The van der Waals surface area contributed by atoms with E-state index in [1.807, 2.05) is 41.3 Å². The third kappa shape index (κ3) is 3.17. The standard InChI is InChI=1S/C19H21N3O4/c23-18(21-25)12-6-7-17-13(8-12)11-22(15-9-16(10-15)26-17)19(24)20-14-4-2-1-3-5-14/h1-5,7-8,12,15-16,25H,6,9-11H2,(H,20,24)(H,21,23). The number of allylic oxidation sites excluding steroid dienone is 1. The van der Waals surface area contributed by atoms with Crippen LogP contribution in [0.5, 0.6) is 0 Å². The molecule has 136 valence electrons. The van der Waals surface area contributed by atoms with Crippen LogP contribution in [-0.2, 0) is 9.53 Å². The van der Waals surface area contributed by atoms with E-state index in [4.69, 9.17) is 9.94 Å². The number of hydroxylamine groups is 1. The quantitative estimate of drug-likeness (QED) is 0.561. The van der Waals surface area contributed by atoms with E-state index in [0.717, 1.165) is 29.9 Å². The van der Waals surface area contributed by atoms with Gasteiger partial charge in [0, 0.05) is 30.1 Å². The number of ether oxygens (including phenoxy) is 1. The minimum absolute atomic E-state index is 0.102. The van der Waals surface area contributed by atoms with Gasteiger partial charge in [-0.25, -0.2) is 10.3 Å². The van der Waals surface area contributed by atoms with Crippen LogP contribution >= 0.6 is 0 Å². The Kier molecular flexibility index (Phi) is 4.38. The van der Waals surface area contributed by atoms with Gasteiger partial charge in [0.2, 0.25) is 0 Å². The number of anilines is 1. The molecule has 1 aromatic carbocycles. The van der Waals surface area contributed by atoms with Crippen molar-refractivity contribution in [2.24, 2.45) is 5.92 Å². The molecule has 3 fully saturated rings. The molecular formula is C19H21N3O4. The minimum Gasteiger partial charge on any atom is -0.490 e. The molecule has 0 aromatic heterocycles. The summed E-state index contributed by atoms with van der Waals surface area (Å²) in [5, 5.41) is 11.8. The lowest BCUT2D eigenvalue weighted by Crippen LogP contribution is -2.54. The van der Waals surface area contributed by atoms with Crippen LogP contribution in [0.2, 0.25) is 0 Å². The zero-order valence-corrected chi connectivity index (χ0v) is 14.2. The zero-order chi connectivity index (χ0) is 18.1. The van der Waals surface area contributed by atoms with E-state index in [-0.39, 0.29) is 18.2 Å². The van der Waals surface area contributed by atoms with E-state index in [2.05, 4.69) is 5.32 Å². The molecule has 1 saturated carbocycles. The summed E-state index contributed by atoms with van der Waals surface area (Å²) < 4.78 is 6.01. The van der Waals surface area contributed by atoms with E-state index >= 15 is 0 Å². The summed E-state index contributed by atoms with van der Waals surface area (Å²) in [6.07, 6.45) is 5.86. The van der Waals surface area contributed by atoms with Crippen molar-refractivity contribution in [2.75, 3.05) is 11.9 Å². The number of hydrogen-bond donors (Lipinski definition) is 3. The summed E-state index contributed by atoms with van der Waals surface area (Å²) in [5.41, 5.74) is 3.25. The summed E-state index contributed by atoms with van der Waals surface area (Å²) in [5.74, 6) is -0.176. The van der Waals surface area contributed by atoms with Gasteiger partial charge in [-0.05, 0) is 24.6 Å². The fraction of sp³-hybridized carbons (Fsp3) is 0.368. The van der Waals surface area contributed by atoms with Crippen LogP contribution in [0.25, 0.3) is 0 Å². The highest BCUT2D eigenvalue weighted by molar-refractivity contribution is 5.90. The number of carbonyl (C=O) groups excluding carboxylic acids is 2. The van der Waals surface area contributed by atoms with Gasteiger partial charge in [0.15, 0.2) is 0 Å². The summed E-state index contributed by atoms with van der Waals surface area (Å²) >= 11 is 0. The molecule has 2 heterocycles. The summed E-state index contributed by atoms with van der Waals surface area (Å²) in [6, 6.07) is 9.31. The molecule has 2 aliphatic carbocycles. The Labute approximate surface area is 151 Å². The molecule has 2 saturated heterocycles. The Morgan fingerprint density at radius 3 is 2.69 bits per heavy atom. The number of fused-ring (bicyclic) bond motifs is 1. The smallest absolute Gasteiger partial charge is 0.322 e. The maximum atomic E-state index is 12.8. The molecule has 0 radical (unpaired) electrons. The average molecular weight is 355 g/mol.